The molecule has 0 aromatic heterocycles. The van der Waals surface area contributed by atoms with E-state index in [-0.39, 0.29) is 72.0 Å². The summed E-state index contributed by atoms with van der Waals surface area (Å²) in [4.78, 5) is 44.2. The second kappa shape index (κ2) is 47.7. The van der Waals surface area contributed by atoms with Crippen LogP contribution in [0.15, 0.2) is 47.3 Å². The zero-order chi connectivity index (χ0) is 40.4. The number of hydrogen-bond acceptors (Lipinski definition) is 8. The van der Waals surface area contributed by atoms with Crippen molar-refractivity contribution in [2.75, 3.05) is 0 Å². The van der Waals surface area contributed by atoms with Gasteiger partial charge in [-0.05, 0) is 53.4 Å². The summed E-state index contributed by atoms with van der Waals surface area (Å²) in [5.41, 5.74) is 0. The summed E-state index contributed by atoms with van der Waals surface area (Å²) < 4.78 is 0. The largest absolute Gasteiger partial charge is 0.512 e. The molecule has 0 spiro atoms. The van der Waals surface area contributed by atoms with E-state index in [9.17, 15) is 19.2 Å². The molecule has 0 aromatic rings. The molecule has 9 heteroatoms. The predicted octanol–water partition coefficient (Wildman–Crippen LogP) is 13.5. The molecule has 0 aliphatic rings. The molecule has 0 aliphatic carbocycles. The van der Waals surface area contributed by atoms with Gasteiger partial charge in [-0.15, -0.1) is 0 Å². The Morgan fingerprint density at radius 2 is 0.472 bits per heavy atom. The SMILES string of the molecule is CCCCCCCC(=O)C=C(C)O.CCCCCCCC(=O)C=C(C)O.CCCCCCCC(=O)C=C(C)O.CCCCCCCC(=O)C=C(C)O.[Hf]. The summed E-state index contributed by atoms with van der Waals surface area (Å²) in [6, 6.07) is 0. The number of aliphatic hydroxyl groups is 4. The maximum absolute atomic E-state index is 11.0. The quantitative estimate of drug-likeness (QED) is 0.0262. The predicted molar refractivity (Wildman–Crippen MR) is 219 cm³/mol. The van der Waals surface area contributed by atoms with Crippen molar-refractivity contribution in [1.29, 1.82) is 0 Å². The number of unbranched alkanes of at least 4 members (excludes halogenated alkanes) is 16. The molecular weight excluding hydrogens is 835 g/mol. The van der Waals surface area contributed by atoms with Gasteiger partial charge in [0, 0.05) is 75.8 Å². The Labute approximate surface area is 343 Å². The molecule has 0 saturated heterocycles. The standard InChI is InChI=1S/4C11H20O2.Hf/c4*1-3-4-5-6-7-8-11(13)9-10(2)12;/h4*9,12H,3-8H2,1-2H3;. The Morgan fingerprint density at radius 1 is 0.321 bits per heavy atom. The van der Waals surface area contributed by atoms with Crippen LogP contribution in [0, 0.1) is 0 Å². The average molecular weight is 916 g/mol. The van der Waals surface area contributed by atoms with E-state index in [1.807, 2.05) is 0 Å². The number of allylic oxidation sites excluding steroid dienone is 8. The molecule has 0 radical (unpaired) electrons. The fraction of sp³-hybridized carbons (Fsp3) is 0.727. The van der Waals surface area contributed by atoms with E-state index < -0.39 is 0 Å². The second-order valence-corrected chi connectivity index (χ2v) is 13.7. The van der Waals surface area contributed by atoms with Crippen LogP contribution in [0.3, 0.4) is 0 Å². The third kappa shape index (κ3) is 65.0. The van der Waals surface area contributed by atoms with Crippen LogP contribution in [0.2, 0.25) is 0 Å². The van der Waals surface area contributed by atoms with Crippen molar-refractivity contribution in [3.05, 3.63) is 47.3 Å². The fourth-order valence-corrected chi connectivity index (χ4v) is 4.83. The van der Waals surface area contributed by atoms with E-state index in [1.54, 1.807) is 0 Å². The summed E-state index contributed by atoms with van der Waals surface area (Å²) in [6.07, 6.45) is 30.6. The summed E-state index contributed by atoms with van der Waals surface area (Å²) in [6.45, 7) is 14.8. The van der Waals surface area contributed by atoms with Crippen LogP contribution in [0.25, 0.3) is 0 Å². The fourth-order valence-electron chi connectivity index (χ4n) is 4.83. The number of carbonyl (C=O) groups is 4. The maximum Gasteiger partial charge on any atom is 0.159 e. The summed E-state index contributed by atoms with van der Waals surface area (Å²) in [5.74, 6) is 0.593. The van der Waals surface area contributed by atoms with E-state index in [1.165, 1.54) is 129 Å². The normalized spacial score (nSPS) is 11.5. The van der Waals surface area contributed by atoms with Gasteiger partial charge in [-0.25, -0.2) is 0 Å². The zero-order valence-corrected chi connectivity index (χ0v) is 38.8. The van der Waals surface area contributed by atoms with E-state index >= 15 is 0 Å². The topological polar surface area (TPSA) is 149 Å². The van der Waals surface area contributed by atoms with Crippen LogP contribution in [0.5, 0.6) is 0 Å². The van der Waals surface area contributed by atoms with E-state index in [2.05, 4.69) is 27.7 Å². The molecule has 308 valence electrons. The maximum atomic E-state index is 11.0. The summed E-state index contributed by atoms with van der Waals surface area (Å²) in [5, 5.41) is 35.2. The molecule has 0 aromatic carbocycles. The van der Waals surface area contributed by atoms with Crippen molar-refractivity contribution in [2.24, 2.45) is 0 Å². The average Bonchev–Trinajstić information content (AvgIpc) is 3.04. The van der Waals surface area contributed by atoms with Crippen molar-refractivity contribution < 1.29 is 65.4 Å². The molecule has 0 fully saturated rings. The third-order valence-corrected chi connectivity index (χ3v) is 7.59. The van der Waals surface area contributed by atoms with E-state index in [0.717, 1.165) is 51.4 Å². The first kappa shape index (κ1) is 60.0. The van der Waals surface area contributed by atoms with Gasteiger partial charge in [0.15, 0.2) is 23.1 Å². The minimum atomic E-state index is 0. The van der Waals surface area contributed by atoms with Crippen LogP contribution < -0.4 is 0 Å². The number of carbonyl (C=O) groups excluding carboxylic acids is 4. The Hall–Kier alpha value is -2.29. The van der Waals surface area contributed by atoms with Crippen LogP contribution in [-0.2, 0) is 45.0 Å². The van der Waals surface area contributed by atoms with Crippen molar-refractivity contribution in [3.8, 4) is 0 Å². The van der Waals surface area contributed by atoms with E-state index in [0.29, 0.717) is 25.7 Å². The minimum absolute atomic E-state index is 0. The molecular formula is C44H80HfO8. The van der Waals surface area contributed by atoms with Gasteiger partial charge in [0.1, 0.15) is 0 Å². The number of aliphatic hydroxyl groups excluding tert-OH is 4. The number of hydrogen-bond donors (Lipinski definition) is 4. The smallest absolute Gasteiger partial charge is 0.159 e. The molecule has 0 atom stereocenters. The van der Waals surface area contributed by atoms with Gasteiger partial charge in [0.25, 0.3) is 0 Å². The second-order valence-electron chi connectivity index (χ2n) is 13.7. The van der Waals surface area contributed by atoms with Crippen molar-refractivity contribution in [2.45, 2.75) is 209 Å². The molecule has 0 saturated carbocycles. The molecule has 0 aliphatic heterocycles. The first-order chi connectivity index (χ1) is 24.7. The molecule has 8 nitrogen and oxygen atoms in total. The minimum Gasteiger partial charge on any atom is -0.512 e. The van der Waals surface area contributed by atoms with Crippen LogP contribution in [-0.4, -0.2) is 43.6 Å². The molecule has 0 rings (SSSR count). The first-order valence-corrected chi connectivity index (χ1v) is 20.3. The zero-order valence-electron chi connectivity index (χ0n) is 35.2. The van der Waals surface area contributed by atoms with Crippen molar-refractivity contribution in [1.82, 2.24) is 0 Å². The van der Waals surface area contributed by atoms with Crippen LogP contribution >= 0.6 is 0 Å². The summed E-state index contributed by atoms with van der Waals surface area (Å²) in [7, 11) is 0. The molecule has 0 bridgehead atoms. The van der Waals surface area contributed by atoms with Gasteiger partial charge in [0.05, 0.1) is 23.0 Å². The van der Waals surface area contributed by atoms with Gasteiger partial charge in [0.2, 0.25) is 0 Å². The molecule has 0 heterocycles. The number of ketones is 4. The molecule has 0 amide bonds. The first-order valence-electron chi connectivity index (χ1n) is 20.3. The Kier molecular flexibility index (Phi) is 54.0. The Balaban J connectivity index is -0.000000192. The van der Waals surface area contributed by atoms with Gasteiger partial charge in [-0.3, -0.25) is 19.2 Å². The van der Waals surface area contributed by atoms with Gasteiger partial charge in [-0.1, -0.05) is 130 Å². The van der Waals surface area contributed by atoms with Crippen molar-refractivity contribution >= 4 is 23.1 Å². The van der Waals surface area contributed by atoms with Crippen LogP contribution in [0.4, 0.5) is 0 Å². The molecule has 0 unspecified atom stereocenters. The Bertz CT molecular complexity index is 835. The van der Waals surface area contributed by atoms with E-state index in [4.69, 9.17) is 20.4 Å². The molecule has 53 heavy (non-hydrogen) atoms. The van der Waals surface area contributed by atoms with Gasteiger partial charge in [-0.2, -0.15) is 0 Å². The monoisotopic (exact) mass is 917 g/mol. The Morgan fingerprint density at radius 3 is 0.604 bits per heavy atom. The third-order valence-electron chi connectivity index (χ3n) is 7.59. The van der Waals surface area contributed by atoms with Gasteiger partial charge >= 0.3 is 0 Å². The van der Waals surface area contributed by atoms with Crippen molar-refractivity contribution in [3.63, 3.8) is 0 Å². The number of rotatable bonds is 28. The van der Waals surface area contributed by atoms with Crippen LogP contribution in [0.1, 0.15) is 209 Å². The van der Waals surface area contributed by atoms with Gasteiger partial charge < -0.3 is 20.4 Å². The summed E-state index contributed by atoms with van der Waals surface area (Å²) >= 11 is 0. The molecule has 4 N–H and O–H groups in total.